The highest BCUT2D eigenvalue weighted by atomic mass is 16.1. The summed E-state index contributed by atoms with van der Waals surface area (Å²) in [5, 5.41) is 3.93. The molecule has 0 radical (unpaired) electrons. The van der Waals surface area contributed by atoms with E-state index in [1.54, 1.807) is 12.3 Å². The number of fused-ring (bicyclic) bond motifs is 1. The second-order valence-corrected chi connectivity index (χ2v) is 6.15. The molecule has 1 amide bonds. The van der Waals surface area contributed by atoms with Gasteiger partial charge >= 0.3 is 0 Å². The number of pyridine rings is 1. The lowest BCUT2D eigenvalue weighted by molar-refractivity contribution is -0.117. The zero-order chi connectivity index (χ0) is 18.4. The molecule has 6 nitrogen and oxygen atoms in total. The number of aromatic nitrogens is 2. The fraction of sp³-hybridized carbons (Fsp3) is 0.200. The predicted molar refractivity (Wildman–Crippen MR) is 104 cm³/mol. The highest BCUT2D eigenvalue weighted by Crippen LogP contribution is 2.16. The first kappa shape index (κ1) is 17.8. The van der Waals surface area contributed by atoms with Crippen LogP contribution in [-0.4, -0.2) is 28.5 Å². The summed E-state index contributed by atoms with van der Waals surface area (Å²) < 4.78 is 0. The number of rotatable bonds is 7. The van der Waals surface area contributed by atoms with Crippen molar-refractivity contribution in [2.45, 2.75) is 19.0 Å². The van der Waals surface area contributed by atoms with Crippen molar-refractivity contribution >= 4 is 23.0 Å². The number of nitrogens with zero attached hydrogens (tertiary/aromatic N) is 1. The molecule has 0 fully saturated rings. The van der Waals surface area contributed by atoms with Crippen molar-refractivity contribution in [1.82, 2.24) is 15.3 Å². The van der Waals surface area contributed by atoms with Gasteiger partial charge in [-0.2, -0.15) is 0 Å². The molecule has 0 bridgehead atoms. The van der Waals surface area contributed by atoms with Gasteiger partial charge in [0.2, 0.25) is 5.91 Å². The maximum absolute atomic E-state index is 12.3. The topological polar surface area (TPSA) is 110 Å². The van der Waals surface area contributed by atoms with Crippen molar-refractivity contribution in [2.75, 3.05) is 6.54 Å². The van der Waals surface area contributed by atoms with Crippen molar-refractivity contribution in [3.63, 3.8) is 0 Å². The van der Waals surface area contributed by atoms with E-state index in [4.69, 9.17) is 11.5 Å². The van der Waals surface area contributed by atoms with Crippen LogP contribution in [-0.2, 0) is 17.8 Å². The van der Waals surface area contributed by atoms with Crippen molar-refractivity contribution < 1.29 is 4.79 Å². The van der Waals surface area contributed by atoms with Crippen LogP contribution in [0.2, 0.25) is 0 Å². The minimum atomic E-state index is -0.173. The lowest BCUT2D eigenvalue weighted by Gasteiger charge is -2.16. The van der Waals surface area contributed by atoms with E-state index in [0.29, 0.717) is 19.5 Å². The minimum Gasteiger partial charge on any atom is -0.348 e. The van der Waals surface area contributed by atoms with Crippen LogP contribution in [0.5, 0.6) is 0 Å². The Hall–Kier alpha value is -2.96. The monoisotopic (exact) mass is 349 g/mol. The SMILES string of the molecule is NCc1cccc(C[C@@H](CN)NC(=O)/C=C/c2c[nH]c3ncccc23)c1. The molecule has 0 saturated carbocycles. The van der Waals surface area contributed by atoms with Gasteiger partial charge in [-0.15, -0.1) is 0 Å². The summed E-state index contributed by atoms with van der Waals surface area (Å²) in [7, 11) is 0. The average Bonchev–Trinajstić information content (AvgIpc) is 3.09. The fourth-order valence-corrected chi connectivity index (χ4v) is 2.89. The standard InChI is InChI=1S/C20H23N5O/c21-11-15-4-1-3-14(9-15)10-17(12-22)25-19(26)7-6-16-13-24-20-18(16)5-2-8-23-20/h1-9,13,17H,10-12,21-22H2,(H,23,24)(H,25,26)/b7-6+/t17-/m0/s1. The number of carbonyl (C=O) groups excluding carboxylic acids is 1. The number of nitrogens with two attached hydrogens (primary N) is 2. The zero-order valence-corrected chi connectivity index (χ0v) is 14.5. The van der Waals surface area contributed by atoms with Gasteiger partial charge in [-0.1, -0.05) is 24.3 Å². The predicted octanol–water partition coefficient (Wildman–Crippen LogP) is 1.72. The van der Waals surface area contributed by atoms with Gasteiger partial charge in [-0.25, -0.2) is 4.98 Å². The largest absolute Gasteiger partial charge is 0.348 e. The summed E-state index contributed by atoms with van der Waals surface area (Å²) in [4.78, 5) is 19.6. The third-order valence-corrected chi connectivity index (χ3v) is 4.24. The Kier molecular flexibility index (Phi) is 5.78. The van der Waals surface area contributed by atoms with Gasteiger partial charge in [0.1, 0.15) is 5.65 Å². The summed E-state index contributed by atoms with van der Waals surface area (Å²) in [6, 6.07) is 11.7. The Morgan fingerprint density at radius 2 is 2.08 bits per heavy atom. The lowest BCUT2D eigenvalue weighted by Crippen LogP contribution is -2.40. The molecule has 3 aromatic rings. The van der Waals surface area contributed by atoms with E-state index in [9.17, 15) is 4.79 Å². The van der Waals surface area contributed by atoms with E-state index < -0.39 is 0 Å². The molecule has 0 spiro atoms. The van der Waals surface area contributed by atoms with E-state index in [1.807, 2.05) is 42.6 Å². The second-order valence-electron chi connectivity index (χ2n) is 6.15. The molecule has 1 aromatic carbocycles. The van der Waals surface area contributed by atoms with Crippen LogP contribution < -0.4 is 16.8 Å². The second kappa shape index (κ2) is 8.42. The van der Waals surface area contributed by atoms with Gasteiger partial charge in [0.25, 0.3) is 0 Å². The molecule has 6 heteroatoms. The molecule has 6 N–H and O–H groups in total. The van der Waals surface area contributed by atoms with Crippen molar-refractivity contribution in [3.8, 4) is 0 Å². The highest BCUT2D eigenvalue weighted by molar-refractivity contribution is 5.95. The van der Waals surface area contributed by atoms with Crippen molar-refractivity contribution in [2.24, 2.45) is 11.5 Å². The molecule has 0 saturated heterocycles. The summed E-state index contributed by atoms with van der Waals surface area (Å²) in [6.45, 7) is 0.860. The molecule has 0 unspecified atom stereocenters. The Bertz CT molecular complexity index is 915. The minimum absolute atomic E-state index is 0.134. The first-order chi connectivity index (χ1) is 12.7. The number of hydrogen-bond acceptors (Lipinski definition) is 4. The maximum Gasteiger partial charge on any atom is 0.244 e. The molecule has 1 atom stereocenters. The third-order valence-electron chi connectivity index (χ3n) is 4.24. The molecule has 26 heavy (non-hydrogen) atoms. The molecule has 0 aliphatic heterocycles. The van der Waals surface area contributed by atoms with Crippen molar-refractivity contribution in [3.05, 3.63) is 71.6 Å². The Labute approximate surface area is 152 Å². The number of benzene rings is 1. The summed E-state index contributed by atoms with van der Waals surface area (Å²) >= 11 is 0. The van der Waals surface area contributed by atoms with E-state index >= 15 is 0 Å². The Morgan fingerprint density at radius 1 is 1.23 bits per heavy atom. The van der Waals surface area contributed by atoms with Gasteiger partial charge in [-0.05, 0) is 35.8 Å². The molecule has 134 valence electrons. The van der Waals surface area contributed by atoms with Gasteiger partial charge in [0.15, 0.2) is 0 Å². The van der Waals surface area contributed by atoms with Gasteiger partial charge < -0.3 is 21.8 Å². The van der Waals surface area contributed by atoms with Crippen LogP contribution in [0, 0.1) is 0 Å². The summed E-state index contributed by atoms with van der Waals surface area (Å²) in [6.07, 6.45) is 7.53. The number of amides is 1. The van der Waals surface area contributed by atoms with Crippen LogP contribution in [0.15, 0.2) is 54.9 Å². The van der Waals surface area contributed by atoms with Gasteiger partial charge in [0.05, 0.1) is 0 Å². The molecule has 2 aromatic heterocycles. The van der Waals surface area contributed by atoms with Gasteiger partial charge in [-0.3, -0.25) is 4.79 Å². The Morgan fingerprint density at radius 3 is 2.88 bits per heavy atom. The molecule has 3 rings (SSSR count). The summed E-state index contributed by atoms with van der Waals surface area (Å²) in [5.74, 6) is -0.173. The average molecular weight is 349 g/mol. The molecule has 2 heterocycles. The third kappa shape index (κ3) is 4.36. The van der Waals surface area contributed by atoms with Crippen LogP contribution in [0.4, 0.5) is 0 Å². The zero-order valence-electron chi connectivity index (χ0n) is 14.5. The van der Waals surface area contributed by atoms with E-state index in [2.05, 4.69) is 15.3 Å². The van der Waals surface area contributed by atoms with E-state index in [-0.39, 0.29) is 11.9 Å². The number of hydrogen-bond donors (Lipinski definition) is 4. The fourth-order valence-electron chi connectivity index (χ4n) is 2.89. The quantitative estimate of drug-likeness (QED) is 0.487. The Balaban J connectivity index is 1.63. The van der Waals surface area contributed by atoms with Crippen LogP contribution in [0.1, 0.15) is 16.7 Å². The first-order valence-electron chi connectivity index (χ1n) is 8.58. The number of H-pyrrole nitrogens is 1. The van der Waals surface area contributed by atoms with Gasteiger partial charge in [0, 0.05) is 48.6 Å². The lowest BCUT2D eigenvalue weighted by atomic mass is 10.0. The maximum atomic E-state index is 12.3. The molecular weight excluding hydrogens is 326 g/mol. The van der Waals surface area contributed by atoms with E-state index in [1.165, 1.54) is 6.08 Å². The van der Waals surface area contributed by atoms with Crippen LogP contribution >= 0.6 is 0 Å². The normalized spacial score (nSPS) is 12.5. The number of aromatic amines is 1. The smallest absolute Gasteiger partial charge is 0.244 e. The van der Waals surface area contributed by atoms with Crippen LogP contribution in [0.25, 0.3) is 17.1 Å². The number of nitrogens with one attached hydrogen (secondary N) is 2. The summed E-state index contributed by atoms with van der Waals surface area (Å²) in [5.41, 5.74) is 15.4. The molecule has 0 aliphatic rings. The molecule has 0 aliphatic carbocycles. The van der Waals surface area contributed by atoms with E-state index in [0.717, 1.165) is 27.7 Å². The highest BCUT2D eigenvalue weighted by Gasteiger charge is 2.10. The molecular formula is C20H23N5O. The van der Waals surface area contributed by atoms with Crippen molar-refractivity contribution in [1.29, 1.82) is 0 Å². The first-order valence-corrected chi connectivity index (χ1v) is 8.58. The number of carbonyl (C=O) groups is 1. The van der Waals surface area contributed by atoms with Crippen LogP contribution in [0.3, 0.4) is 0 Å².